The molecule has 1 fully saturated rings. The first-order valence-electron chi connectivity index (χ1n) is 12.3. The number of esters is 1. The number of aryl methyl sites for hydroxylation is 2. The lowest BCUT2D eigenvalue weighted by atomic mass is 9.74. The number of pyridine rings is 1. The number of rotatable bonds is 6. The second-order valence-electron chi connectivity index (χ2n) is 9.33. The first-order valence-corrected chi connectivity index (χ1v) is 12.3. The van der Waals surface area contributed by atoms with E-state index in [9.17, 15) is 4.79 Å². The van der Waals surface area contributed by atoms with Gasteiger partial charge in [0.05, 0.1) is 49.2 Å². The average Bonchev–Trinajstić information content (AvgIpc) is 3.15. The number of hydrogen-bond donors (Lipinski definition) is 0. The van der Waals surface area contributed by atoms with E-state index in [4.69, 9.17) is 28.9 Å². The molecule has 0 radical (unpaired) electrons. The molecule has 0 unspecified atom stereocenters. The topological polar surface area (TPSA) is 97.1 Å². The minimum atomic E-state index is -0.251. The van der Waals surface area contributed by atoms with Gasteiger partial charge in [0.1, 0.15) is 11.9 Å². The standard InChI is InChI=1S/C27H32N4O5/c1-7-35-23-11-17-18-10-16(36-15(3)32)8-9-21(18)29-25(19(17)12-22(23)33-5)20-13-28-27-24(26(20)34-6)14(2)30-31(27)4/h11-13,16,18,21H,7-10H2,1-6H3/t16-,18-,21-/m1/s1. The van der Waals surface area contributed by atoms with E-state index in [1.54, 1.807) is 18.9 Å². The molecule has 3 heterocycles. The lowest BCUT2D eigenvalue weighted by molar-refractivity contribution is -0.148. The Balaban J connectivity index is 1.71. The third-order valence-electron chi connectivity index (χ3n) is 7.12. The quantitative estimate of drug-likeness (QED) is 0.478. The third kappa shape index (κ3) is 3.96. The van der Waals surface area contributed by atoms with Crippen molar-refractivity contribution in [3.63, 3.8) is 0 Å². The fourth-order valence-electron chi connectivity index (χ4n) is 5.67. The second kappa shape index (κ2) is 9.44. The largest absolute Gasteiger partial charge is 0.495 e. The van der Waals surface area contributed by atoms with Gasteiger partial charge in [-0.3, -0.25) is 14.5 Å². The molecule has 1 aliphatic heterocycles. The zero-order chi connectivity index (χ0) is 25.6. The highest BCUT2D eigenvalue weighted by atomic mass is 16.5. The molecule has 3 atom stereocenters. The van der Waals surface area contributed by atoms with Crippen LogP contribution in [0.25, 0.3) is 11.0 Å². The molecular formula is C27H32N4O5. The molecule has 1 aromatic carbocycles. The monoisotopic (exact) mass is 492 g/mol. The van der Waals surface area contributed by atoms with Crippen molar-refractivity contribution in [1.29, 1.82) is 0 Å². The maximum Gasteiger partial charge on any atom is 0.302 e. The molecule has 1 saturated carbocycles. The van der Waals surface area contributed by atoms with E-state index >= 15 is 0 Å². The van der Waals surface area contributed by atoms with Gasteiger partial charge in [-0.05, 0) is 50.8 Å². The van der Waals surface area contributed by atoms with Gasteiger partial charge >= 0.3 is 5.97 Å². The summed E-state index contributed by atoms with van der Waals surface area (Å²) in [5.74, 6) is 1.88. The van der Waals surface area contributed by atoms with Gasteiger partial charge in [0.2, 0.25) is 0 Å². The van der Waals surface area contributed by atoms with Gasteiger partial charge in [0.15, 0.2) is 17.1 Å². The minimum Gasteiger partial charge on any atom is -0.495 e. The van der Waals surface area contributed by atoms with Crippen LogP contribution < -0.4 is 14.2 Å². The highest BCUT2D eigenvalue weighted by Gasteiger charge is 2.39. The summed E-state index contributed by atoms with van der Waals surface area (Å²) in [5, 5.41) is 5.42. The fraction of sp³-hybridized carbons (Fsp3) is 0.481. The number of nitrogens with zero attached hydrogens (tertiary/aromatic N) is 4. The Hall–Kier alpha value is -3.62. The van der Waals surface area contributed by atoms with E-state index < -0.39 is 0 Å². The number of aromatic nitrogens is 3. The maximum absolute atomic E-state index is 11.7. The number of fused-ring (bicyclic) bond motifs is 4. The van der Waals surface area contributed by atoms with Crippen molar-refractivity contribution >= 4 is 22.7 Å². The first kappa shape index (κ1) is 24.1. The molecule has 0 amide bonds. The van der Waals surface area contributed by atoms with Crippen LogP contribution in [0.15, 0.2) is 23.3 Å². The molecule has 0 N–H and O–H groups in total. The number of aliphatic imine (C=N–C) groups is 1. The van der Waals surface area contributed by atoms with E-state index in [1.165, 1.54) is 6.92 Å². The molecule has 36 heavy (non-hydrogen) atoms. The van der Waals surface area contributed by atoms with Crippen molar-refractivity contribution in [2.45, 2.75) is 58.1 Å². The fourth-order valence-corrected chi connectivity index (χ4v) is 5.67. The highest BCUT2D eigenvalue weighted by Crippen LogP contribution is 2.46. The Morgan fingerprint density at radius 3 is 2.64 bits per heavy atom. The van der Waals surface area contributed by atoms with Crippen LogP contribution in [0.2, 0.25) is 0 Å². The minimum absolute atomic E-state index is 0.0394. The average molecular weight is 493 g/mol. The molecule has 1 aliphatic carbocycles. The van der Waals surface area contributed by atoms with E-state index in [1.807, 2.05) is 33.2 Å². The predicted octanol–water partition coefficient (Wildman–Crippen LogP) is 4.11. The van der Waals surface area contributed by atoms with Gasteiger partial charge in [-0.2, -0.15) is 5.10 Å². The predicted molar refractivity (Wildman–Crippen MR) is 136 cm³/mol. The van der Waals surface area contributed by atoms with Crippen LogP contribution >= 0.6 is 0 Å². The molecule has 3 aromatic rings. The lowest BCUT2D eigenvalue weighted by Crippen LogP contribution is -2.36. The maximum atomic E-state index is 11.7. The Labute approximate surface area is 210 Å². The summed E-state index contributed by atoms with van der Waals surface area (Å²) in [6.07, 6.45) is 3.99. The van der Waals surface area contributed by atoms with Crippen LogP contribution in [0, 0.1) is 6.92 Å². The summed E-state index contributed by atoms with van der Waals surface area (Å²) in [6, 6.07) is 4.09. The molecule has 0 bridgehead atoms. The Bertz CT molecular complexity index is 1360. The molecule has 2 aliphatic rings. The number of hydrogen-bond acceptors (Lipinski definition) is 8. The number of methoxy groups -OCH3 is 2. The number of carbonyl (C=O) groups excluding carboxylic acids is 1. The highest BCUT2D eigenvalue weighted by molar-refractivity contribution is 6.18. The second-order valence-corrected chi connectivity index (χ2v) is 9.33. The molecule has 9 heteroatoms. The van der Waals surface area contributed by atoms with Crippen LogP contribution in [0.4, 0.5) is 0 Å². The van der Waals surface area contributed by atoms with E-state index in [0.717, 1.165) is 52.0 Å². The van der Waals surface area contributed by atoms with Gasteiger partial charge in [-0.25, -0.2) is 4.98 Å². The Morgan fingerprint density at radius 2 is 1.94 bits per heavy atom. The Morgan fingerprint density at radius 1 is 1.14 bits per heavy atom. The van der Waals surface area contributed by atoms with Gasteiger partial charge < -0.3 is 18.9 Å². The number of carbonyl (C=O) groups is 1. The summed E-state index contributed by atoms with van der Waals surface area (Å²) in [7, 11) is 5.18. The van der Waals surface area contributed by atoms with Crippen molar-refractivity contribution in [1.82, 2.24) is 14.8 Å². The molecular weight excluding hydrogens is 460 g/mol. The van der Waals surface area contributed by atoms with Gasteiger partial charge in [0.25, 0.3) is 0 Å². The van der Waals surface area contributed by atoms with E-state index in [2.05, 4.69) is 11.2 Å². The molecule has 2 aromatic heterocycles. The van der Waals surface area contributed by atoms with Crippen molar-refractivity contribution in [3.8, 4) is 17.2 Å². The number of ether oxygens (including phenoxy) is 4. The van der Waals surface area contributed by atoms with Crippen molar-refractivity contribution < 1.29 is 23.7 Å². The number of benzene rings is 1. The summed E-state index contributed by atoms with van der Waals surface area (Å²) in [5.41, 5.74) is 5.28. The Kier molecular flexibility index (Phi) is 6.32. The molecule has 0 saturated heterocycles. The molecule has 9 nitrogen and oxygen atoms in total. The van der Waals surface area contributed by atoms with E-state index in [-0.39, 0.29) is 24.0 Å². The van der Waals surface area contributed by atoms with Crippen molar-refractivity contribution in [3.05, 3.63) is 40.7 Å². The zero-order valence-electron chi connectivity index (χ0n) is 21.6. The van der Waals surface area contributed by atoms with Gasteiger partial charge in [-0.15, -0.1) is 0 Å². The SMILES string of the molecule is CCOc1cc2c(cc1OC)C(c1cnc3c(c(C)nn3C)c1OC)=N[C@@H]1CC[C@@H](OC(C)=O)C[C@H]21. The zero-order valence-corrected chi connectivity index (χ0v) is 21.6. The van der Waals surface area contributed by atoms with Gasteiger partial charge in [0, 0.05) is 31.6 Å². The van der Waals surface area contributed by atoms with Crippen molar-refractivity contribution in [2.75, 3.05) is 20.8 Å². The van der Waals surface area contributed by atoms with Crippen LogP contribution in [-0.2, 0) is 16.6 Å². The summed E-state index contributed by atoms with van der Waals surface area (Å²) >= 11 is 0. The van der Waals surface area contributed by atoms with Gasteiger partial charge in [-0.1, -0.05) is 0 Å². The lowest BCUT2D eigenvalue weighted by Gasteiger charge is -2.38. The van der Waals surface area contributed by atoms with E-state index in [0.29, 0.717) is 30.3 Å². The third-order valence-corrected chi connectivity index (χ3v) is 7.12. The van der Waals surface area contributed by atoms with Crippen LogP contribution in [0.1, 0.15) is 61.4 Å². The molecule has 5 rings (SSSR count). The normalized spacial score (nSPS) is 20.8. The van der Waals surface area contributed by atoms with Crippen molar-refractivity contribution in [2.24, 2.45) is 12.0 Å². The van der Waals surface area contributed by atoms with Crippen LogP contribution in [0.5, 0.6) is 17.2 Å². The summed E-state index contributed by atoms with van der Waals surface area (Å²) in [4.78, 5) is 21.7. The van der Waals surface area contributed by atoms with Crippen LogP contribution in [-0.4, -0.2) is 59.4 Å². The molecule has 0 spiro atoms. The van der Waals surface area contributed by atoms with Crippen LogP contribution in [0.3, 0.4) is 0 Å². The molecule has 190 valence electrons. The smallest absolute Gasteiger partial charge is 0.302 e. The summed E-state index contributed by atoms with van der Waals surface area (Å²) in [6.45, 7) is 5.89. The summed E-state index contributed by atoms with van der Waals surface area (Å²) < 4.78 is 24.9. The first-order chi connectivity index (χ1) is 17.4.